The highest BCUT2D eigenvalue weighted by Crippen LogP contribution is 2.11. The number of hydrogen-bond donors (Lipinski definition) is 1. The minimum atomic E-state index is -0.0948. The summed E-state index contributed by atoms with van der Waals surface area (Å²) < 4.78 is 5.47. The van der Waals surface area contributed by atoms with E-state index in [1.807, 2.05) is 17.9 Å². The molecule has 4 nitrogen and oxygen atoms in total. The van der Waals surface area contributed by atoms with Crippen molar-refractivity contribution in [2.45, 2.75) is 44.8 Å². The molecule has 2 unspecified atom stereocenters. The molecule has 1 amide bonds. The van der Waals surface area contributed by atoms with Gasteiger partial charge in [0.25, 0.3) is 0 Å². The quantitative estimate of drug-likeness (QED) is 0.802. The number of ether oxygens (including phenoxy) is 1. The Morgan fingerprint density at radius 2 is 2.29 bits per heavy atom. The van der Waals surface area contributed by atoms with Crippen molar-refractivity contribution < 1.29 is 9.53 Å². The monoisotopic (exact) mass is 238 g/mol. The van der Waals surface area contributed by atoms with Crippen molar-refractivity contribution in [1.82, 2.24) is 10.2 Å². The maximum Gasteiger partial charge on any atom is 0.239 e. The Bertz CT molecular complexity index is 285. The van der Waals surface area contributed by atoms with Gasteiger partial charge in [0, 0.05) is 19.6 Å². The first-order valence-electron chi connectivity index (χ1n) is 6.60. The second-order valence-electron chi connectivity index (χ2n) is 4.87. The zero-order valence-electron chi connectivity index (χ0n) is 10.5. The van der Waals surface area contributed by atoms with Crippen LogP contribution >= 0.6 is 0 Å². The highest BCUT2D eigenvalue weighted by molar-refractivity contribution is 5.81. The van der Waals surface area contributed by atoms with Gasteiger partial charge in [0.2, 0.25) is 5.91 Å². The zero-order chi connectivity index (χ0) is 12.1. The number of rotatable bonds is 4. The minimum absolute atomic E-state index is 0.0948. The first kappa shape index (κ1) is 12.4. The molecule has 0 bridgehead atoms. The summed E-state index contributed by atoms with van der Waals surface area (Å²) in [7, 11) is 0. The van der Waals surface area contributed by atoms with Crippen LogP contribution in [0.25, 0.3) is 0 Å². The summed E-state index contributed by atoms with van der Waals surface area (Å²) in [6, 6.07) is -0.0948. The first-order chi connectivity index (χ1) is 8.27. The predicted octanol–water partition coefficient (Wildman–Crippen LogP) is 1.28. The second kappa shape index (κ2) is 6.05. The van der Waals surface area contributed by atoms with Crippen LogP contribution in [0, 0.1) is 0 Å². The summed E-state index contributed by atoms with van der Waals surface area (Å²) in [6.45, 7) is 4.55. The van der Waals surface area contributed by atoms with Crippen molar-refractivity contribution in [1.29, 1.82) is 0 Å². The number of likely N-dealkylation sites (tertiary alicyclic amines) is 1. The summed E-state index contributed by atoms with van der Waals surface area (Å²) in [5.41, 5.74) is 0. The molecule has 0 spiro atoms. The van der Waals surface area contributed by atoms with E-state index in [9.17, 15) is 4.79 Å². The van der Waals surface area contributed by atoms with Crippen LogP contribution in [-0.4, -0.2) is 42.6 Å². The van der Waals surface area contributed by atoms with E-state index in [1.165, 1.54) is 0 Å². The number of nitrogens with one attached hydrogen (secondary N) is 1. The standard InChI is InChI=1S/C13H22N2O2/c1-11(13(16)15-7-3-4-8-15)14-10-12-6-2-5-9-17-12/h5,9,11-12,14H,2-4,6-8,10H2,1H3. The van der Waals surface area contributed by atoms with Gasteiger partial charge in [-0.2, -0.15) is 0 Å². The number of amides is 1. The van der Waals surface area contributed by atoms with Crippen molar-refractivity contribution in [3.05, 3.63) is 12.3 Å². The Morgan fingerprint density at radius 3 is 2.94 bits per heavy atom. The smallest absolute Gasteiger partial charge is 0.239 e. The lowest BCUT2D eigenvalue weighted by Crippen LogP contribution is -2.46. The first-order valence-corrected chi connectivity index (χ1v) is 6.60. The molecule has 2 atom stereocenters. The molecular formula is C13H22N2O2. The van der Waals surface area contributed by atoms with Crippen LogP contribution in [0.15, 0.2) is 12.3 Å². The van der Waals surface area contributed by atoms with Crippen LogP contribution in [0.3, 0.4) is 0 Å². The highest BCUT2D eigenvalue weighted by Gasteiger charge is 2.23. The maximum atomic E-state index is 12.0. The third-order valence-electron chi connectivity index (χ3n) is 3.46. The zero-order valence-corrected chi connectivity index (χ0v) is 10.5. The molecule has 2 aliphatic rings. The van der Waals surface area contributed by atoms with Gasteiger partial charge in [-0.3, -0.25) is 4.79 Å². The largest absolute Gasteiger partial charge is 0.497 e. The Kier molecular flexibility index (Phi) is 4.42. The predicted molar refractivity (Wildman–Crippen MR) is 66.5 cm³/mol. The number of allylic oxidation sites excluding steroid dienone is 1. The lowest BCUT2D eigenvalue weighted by molar-refractivity contribution is -0.132. The van der Waals surface area contributed by atoms with E-state index in [0.717, 1.165) is 45.3 Å². The van der Waals surface area contributed by atoms with Crippen LogP contribution in [0.4, 0.5) is 0 Å². The van der Waals surface area contributed by atoms with Gasteiger partial charge in [-0.1, -0.05) is 0 Å². The topological polar surface area (TPSA) is 41.6 Å². The van der Waals surface area contributed by atoms with Gasteiger partial charge >= 0.3 is 0 Å². The van der Waals surface area contributed by atoms with Gasteiger partial charge in [-0.15, -0.1) is 0 Å². The molecule has 2 aliphatic heterocycles. The molecule has 0 aromatic rings. The Labute approximate surface area is 103 Å². The molecular weight excluding hydrogens is 216 g/mol. The lowest BCUT2D eigenvalue weighted by Gasteiger charge is -2.24. The summed E-state index contributed by atoms with van der Waals surface area (Å²) in [6.07, 6.45) is 8.42. The van der Waals surface area contributed by atoms with Crippen molar-refractivity contribution in [3.63, 3.8) is 0 Å². The third kappa shape index (κ3) is 3.46. The molecule has 1 fully saturated rings. The lowest BCUT2D eigenvalue weighted by atomic mass is 10.1. The Balaban J connectivity index is 1.70. The molecule has 2 rings (SSSR count). The molecule has 1 saturated heterocycles. The van der Waals surface area contributed by atoms with Crippen LogP contribution in [0.2, 0.25) is 0 Å². The second-order valence-corrected chi connectivity index (χ2v) is 4.87. The average Bonchev–Trinajstić information content (AvgIpc) is 2.90. The van der Waals surface area contributed by atoms with Gasteiger partial charge in [0.15, 0.2) is 0 Å². The molecule has 2 heterocycles. The van der Waals surface area contributed by atoms with Gasteiger partial charge < -0.3 is 15.0 Å². The fourth-order valence-corrected chi connectivity index (χ4v) is 2.34. The summed E-state index contributed by atoms with van der Waals surface area (Å²) in [4.78, 5) is 14.0. The molecule has 96 valence electrons. The number of nitrogens with zero attached hydrogens (tertiary/aromatic N) is 1. The number of hydrogen-bond acceptors (Lipinski definition) is 3. The minimum Gasteiger partial charge on any atom is -0.497 e. The van der Waals surface area contributed by atoms with E-state index >= 15 is 0 Å². The molecule has 0 radical (unpaired) electrons. The maximum absolute atomic E-state index is 12.0. The van der Waals surface area contributed by atoms with E-state index in [2.05, 4.69) is 5.32 Å². The van der Waals surface area contributed by atoms with E-state index in [4.69, 9.17) is 4.74 Å². The molecule has 0 saturated carbocycles. The summed E-state index contributed by atoms with van der Waals surface area (Å²) >= 11 is 0. The van der Waals surface area contributed by atoms with Crippen molar-refractivity contribution in [3.8, 4) is 0 Å². The fraction of sp³-hybridized carbons (Fsp3) is 0.769. The molecule has 17 heavy (non-hydrogen) atoms. The van der Waals surface area contributed by atoms with Gasteiger partial charge in [-0.05, 0) is 38.7 Å². The van der Waals surface area contributed by atoms with Crippen LogP contribution in [0.5, 0.6) is 0 Å². The van der Waals surface area contributed by atoms with Crippen LogP contribution < -0.4 is 5.32 Å². The molecule has 1 N–H and O–H groups in total. The Hall–Kier alpha value is -1.03. The summed E-state index contributed by atoms with van der Waals surface area (Å²) in [5, 5.41) is 3.28. The van der Waals surface area contributed by atoms with E-state index in [1.54, 1.807) is 6.26 Å². The highest BCUT2D eigenvalue weighted by atomic mass is 16.5. The molecule has 0 aromatic carbocycles. The number of carbonyl (C=O) groups is 1. The van der Waals surface area contributed by atoms with Gasteiger partial charge in [0.1, 0.15) is 6.10 Å². The number of carbonyl (C=O) groups excluding carboxylic acids is 1. The van der Waals surface area contributed by atoms with Gasteiger partial charge in [-0.25, -0.2) is 0 Å². The SMILES string of the molecule is CC(NCC1CCC=CO1)C(=O)N1CCCC1. The fourth-order valence-electron chi connectivity index (χ4n) is 2.34. The van der Waals surface area contributed by atoms with E-state index < -0.39 is 0 Å². The van der Waals surface area contributed by atoms with Crippen molar-refractivity contribution in [2.24, 2.45) is 0 Å². The molecule has 0 aliphatic carbocycles. The molecule has 4 heteroatoms. The van der Waals surface area contributed by atoms with Crippen molar-refractivity contribution >= 4 is 5.91 Å². The van der Waals surface area contributed by atoms with E-state index in [0.29, 0.717) is 0 Å². The van der Waals surface area contributed by atoms with Gasteiger partial charge in [0.05, 0.1) is 12.3 Å². The average molecular weight is 238 g/mol. The van der Waals surface area contributed by atoms with Crippen LogP contribution in [0.1, 0.15) is 32.6 Å². The third-order valence-corrected chi connectivity index (χ3v) is 3.46. The molecule has 0 aromatic heterocycles. The Morgan fingerprint density at radius 1 is 1.53 bits per heavy atom. The van der Waals surface area contributed by atoms with Crippen LogP contribution in [-0.2, 0) is 9.53 Å². The van der Waals surface area contributed by atoms with Crippen molar-refractivity contribution in [2.75, 3.05) is 19.6 Å². The summed E-state index contributed by atoms with van der Waals surface area (Å²) in [5.74, 6) is 0.230. The van der Waals surface area contributed by atoms with E-state index in [-0.39, 0.29) is 18.1 Å². The normalized spacial score (nSPS) is 25.7.